The highest BCUT2D eigenvalue weighted by Crippen LogP contribution is 2.66. The number of thiophene rings is 1. The van der Waals surface area contributed by atoms with E-state index in [0.717, 1.165) is 12.0 Å². The number of hydrogen-bond donors (Lipinski definition) is 0. The van der Waals surface area contributed by atoms with E-state index < -0.39 is 0 Å². The quantitative estimate of drug-likeness (QED) is 0.565. The van der Waals surface area contributed by atoms with Crippen LogP contribution in [-0.4, -0.2) is 37.4 Å². The Hall–Kier alpha value is -0.850. The van der Waals surface area contributed by atoms with E-state index in [1.165, 1.54) is 5.56 Å². The number of Topliss-reactive ketones (excluding diaryl/α,β-unsaturated/α-hetero) is 1. The van der Waals surface area contributed by atoms with Gasteiger partial charge in [-0.3, -0.25) is 4.79 Å². The summed E-state index contributed by atoms with van der Waals surface area (Å²) in [6, 6.07) is 0.755. The van der Waals surface area contributed by atoms with Gasteiger partial charge in [-0.2, -0.15) is 11.3 Å². The fraction of sp³-hybridized carbons (Fsp3) is 0.591. The minimum absolute atomic E-state index is 0.197. The van der Waals surface area contributed by atoms with Crippen molar-refractivity contribution in [3.63, 3.8) is 0 Å². The van der Waals surface area contributed by atoms with Crippen molar-refractivity contribution in [3.05, 3.63) is 45.1 Å². The fourth-order valence-electron chi connectivity index (χ4n) is 5.46. The van der Waals surface area contributed by atoms with E-state index in [1.54, 1.807) is 11.3 Å². The van der Waals surface area contributed by atoms with Gasteiger partial charge in [0.2, 0.25) is 0 Å². The summed E-state index contributed by atoms with van der Waals surface area (Å²) in [6.45, 7) is 13.8. The second-order valence-corrected chi connectivity index (χ2v) is 12.3. The van der Waals surface area contributed by atoms with Gasteiger partial charge in [0, 0.05) is 47.3 Å². The van der Waals surface area contributed by atoms with Gasteiger partial charge in [-0.1, -0.05) is 0 Å². The Kier molecular flexibility index (Phi) is 4.99. The first-order valence-electron chi connectivity index (χ1n) is 10.0. The zero-order valence-electron chi connectivity index (χ0n) is 17.6. The Bertz CT molecular complexity index is 805. The van der Waals surface area contributed by atoms with Crippen LogP contribution in [0.1, 0.15) is 63.9 Å². The molecule has 1 aromatic rings. The zero-order valence-corrected chi connectivity index (χ0v) is 20.0. The van der Waals surface area contributed by atoms with E-state index in [2.05, 4.69) is 79.9 Å². The van der Waals surface area contributed by atoms with Crippen LogP contribution in [0.4, 0.5) is 0 Å². The first-order chi connectivity index (χ1) is 13.2. The molecule has 4 rings (SSSR count). The summed E-state index contributed by atoms with van der Waals surface area (Å²) in [7, 11) is 0. The van der Waals surface area contributed by atoms with Crippen molar-refractivity contribution in [1.82, 2.24) is 9.80 Å². The van der Waals surface area contributed by atoms with Crippen LogP contribution in [0.2, 0.25) is 0 Å². The van der Waals surface area contributed by atoms with Crippen LogP contribution in [0.3, 0.4) is 0 Å². The Morgan fingerprint density at radius 1 is 0.893 bits per heavy atom. The van der Waals surface area contributed by atoms with Crippen LogP contribution >= 0.6 is 34.9 Å². The maximum atomic E-state index is 13.4. The molecule has 3 nitrogen and oxygen atoms in total. The van der Waals surface area contributed by atoms with E-state index in [-0.39, 0.29) is 15.2 Å². The molecule has 1 aromatic heterocycles. The van der Waals surface area contributed by atoms with Crippen molar-refractivity contribution in [2.45, 2.75) is 76.2 Å². The molecule has 6 heteroatoms. The standard InChI is InChI=1S/C22H30N2OS3/c1-15(2)23-7-9-27-20(23,5)22(21(6)24(16(3)4)8-10-28-21)11-17-13-26-14-18(17)19(25)12-22/h7-10,13-16H,11-12H2,1-6H3. The molecule has 0 N–H and O–H groups in total. The molecule has 0 fully saturated rings. The van der Waals surface area contributed by atoms with Crippen molar-refractivity contribution in [2.75, 3.05) is 0 Å². The third kappa shape index (κ3) is 2.60. The molecule has 3 aliphatic rings. The van der Waals surface area contributed by atoms with Crippen LogP contribution < -0.4 is 0 Å². The highest BCUT2D eigenvalue weighted by Gasteiger charge is 2.67. The number of thioether (sulfide) groups is 2. The number of carbonyl (C=O) groups excluding carboxylic acids is 1. The summed E-state index contributed by atoms with van der Waals surface area (Å²) in [4.78, 5) is 18.0. The topological polar surface area (TPSA) is 23.6 Å². The molecule has 0 amide bonds. The van der Waals surface area contributed by atoms with Gasteiger partial charge in [0.1, 0.15) is 0 Å². The van der Waals surface area contributed by atoms with E-state index in [4.69, 9.17) is 0 Å². The van der Waals surface area contributed by atoms with Crippen LogP contribution in [0.5, 0.6) is 0 Å². The molecule has 0 aromatic carbocycles. The van der Waals surface area contributed by atoms with Crippen molar-refractivity contribution < 1.29 is 4.79 Å². The molecule has 2 atom stereocenters. The monoisotopic (exact) mass is 434 g/mol. The van der Waals surface area contributed by atoms with Crippen molar-refractivity contribution >= 4 is 40.6 Å². The molecule has 2 unspecified atom stereocenters. The smallest absolute Gasteiger partial charge is 0.164 e. The second-order valence-electron chi connectivity index (χ2n) is 8.94. The summed E-state index contributed by atoms with van der Waals surface area (Å²) < 4.78 is 0. The third-order valence-electron chi connectivity index (χ3n) is 6.91. The van der Waals surface area contributed by atoms with E-state index >= 15 is 0 Å². The molecule has 0 bridgehead atoms. The number of fused-ring (bicyclic) bond motifs is 1. The second kappa shape index (κ2) is 6.85. The lowest BCUT2D eigenvalue weighted by atomic mass is 9.62. The summed E-state index contributed by atoms with van der Waals surface area (Å²) in [6.07, 6.45) is 5.99. The molecule has 0 saturated carbocycles. The molecule has 152 valence electrons. The van der Waals surface area contributed by atoms with Crippen LogP contribution in [0, 0.1) is 5.41 Å². The van der Waals surface area contributed by atoms with Gasteiger partial charge >= 0.3 is 0 Å². The van der Waals surface area contributed by atoms with Gasteiger partial charge in [-0.25, -0.2) is 0 Å². The SMILES string of the molecule is CC(C)N1C=CSC1(C)C1(C2(C)SC=CN2C(C)C)CC(=O)c2cscc2C1. The molecular weight excluding hydrogens is 404 g/mol. The maximum Gasteiger partial charge on any atom is 0.164 e. The zero-order chi connectivity index (χ0) is 20.3. The third-order valence-corrected chi connectivity index (χ3v) is 10.3. The van der Waals surface area contributed by atoms with Crippen molar-refractivity contribution in [3.8, 4) is 0 Å². The van der Waals surface area contributed by atoms with Gasteiger partial charge in [0.25, 0.3) is 0 Å². The van der Waals surface area contributed by atoms with Crippen LogP contribution in [0.15, 0.2) is 34.0 Å². The highest BCUT2D eigenvalue weighted by molar-refractivity contribution is 8.04. The molecule has 28 heavy (non-hydrogen) atoms. The average molecular weight is 435 g/mol. The summed E-state index contributed by atoms with van der Waals surface area (Å²) in [5.41, 5.74) is 1.95. The van der Waals surface area contributed by atoms with Crippen molar-refractivity contribution in [1.29, 1.82) is 0 Å². The maximum absolute atomic E-state index is 13.4. The summed E-state index contributed by atoms with van der Waals surface area (Å²) in [5.74, 6) is 0.303. The first kappa shape index (κ1) is 20.4. The molecule has 0 saturated heterocycles. The number of rotatable bonds is 4. The number of carbonyl (C=O) groups is 1. The van der Waals surface area contributed by atoms with Gasteiger partial charge in [-0.15, -0.1) is 23.5 Å². The summed E-state index contributed by atoms with van der Waals surface area (Å²) in [5, 5.41) is 8.71. The average Bonchev–Trinajstić information content (AvgIpc) is 3.33. The summed E-state index contributed by atoms with van der Waals surface area (Å²) >= 11 is 5.45. The molecule has 2 aliphatic heterocycles. The Balaban J connectivity index is 1.92. The lowest BCUT2D eigenvalue weighted by molar-refractivity contribution is -0.0275. The van der Waals surface area contributed by atoms with Gasteiger partial charge in [0.15, 0.2) is 5.78 Å². The number of hydrogen-bond acceptors (Lipinski definition) is 6. The van der Waals surface area contributed by atoms with E-state index in [0.29, 0.717) is 24.3 Å². The lowest BCUT2D eigenvalue weighted by Gasteiger charge is -2.62. The Morgan fingerprint density at radius 3 is 1.93 bits per heavy atom. The van der Waals surface area contributed by atoms with Gasteiger partial charge < -0.3 is 9.80 Å². The number of ketones is 1. The van der Waals surface area contributed by atoms with Crippen LogP contribution in [0.25, 0.3) is 0 Å². The molecular formula is C22H30N2OS3. The predicted octanol–water partition coefficient (Wildman–Crippen LogP) is 6.15. The Labute approximate surface area is 181 Å². The first-order valence-corrected chi connectivity index (χ1v) is 12.7. The molecule has 0 spiro atoms. The molecule has 1 aliphatic carbocycles. The minimum atomic E-state index is -0.234. The van der Waals surface area contributed by atoms with Crippen LogP contribution in [-0.2, 0) is 6.42 Å². The van der Waals surface area contributed by atoms with E-state index in [1.807, 2.05) is 28.9 Å². The lowest BCUT2D eigenvalue weighted by Crippen LogP contribution is -2.69. The predicted molar refractivity (Wildman–Crippen MR) is 124 cm³/mol. The van der Waals surface area contributed by atoms with Crippen molar-refractivity contribution in [2.24, 2.45) is 5.41 Å². The van der Waals surface area contributed by atoms with E-state index in [9.17, 15) is 4.79 Å². The minimum Gasteiger partial charge on any atom is -0.359 e. The van der Waals surface area contributed by atoms with Gasteiger partial charge in [0.05, 0.1) is 9.74 Å². The largest absolute Gasteiger partial charge is 0.359 e. The molecule has 0 radical (unpaired) electrons. The fourth-order valence-corrected chi connectivity index (χ4v) is 9.23. The molecule has 3 heterocycles. The van der Waals surface area contributed by atoms with Gasteiger partial charge in [-0.05, 0) is 69.7 Å². The highest BCUT2D eigenvalue weighted by atomic mass is 32.2. The number of nitrogens with zero attached hydrogens (tertiary/aromatic N) is 2. The Morgan fingerprint density at radius 2 is 1.43 bits per heavy atom. The normalized spacial score (nSPS) is 34.9.